The van der Waals surface area contributed by atoms with Gasteiger partial charge in [-0.05, 0) is 38.1 Å². The Labute approximate surface area is 100 Å². The van der Waals surface area contributed by atoms with Crippen LogP contribution in [0, 0.1) is 0 Å². The molecule has 0 aliphatic carbocycles. The van der Waals surface area contributed by atoms with Crippen LogP contribution in [-0.2, 0) is 5.60 Å². The summed E-state index contributed by atoms with van der Waals surface area (Å²) >= 11 is 6.17. The third-order valence-corrected chi connectivity index (χ3v) is 3.42. The number of benzene rings is 1. The van der Waals surface area contributed by atoms with Gasteiger partial charge >= 0.3 is 0 Å². The Balaban J connectivity index is 2.32. The second-order valence-corrected chi connectivity index (χ2v) is 4.53. The molecule has 1 aromatic rings. The third kappa shape index (κ3) is 2.17. The molecule has 1 fully saturated rings. The Kier molecular flexibility index (Phi) is 3.38. The number of halogens is 1. The smallest absolute Gasteiger partial charge is 0.120 e. The molecule has 1 heterocycles. The predicted octanol–water partition coefficient (Wildman–Crippen LogP) is 1.92. The van der Waals surface area contributed by atoms with Gasteiger partial charge in [0.25, 0.3) is 0 Å². The number of piperidine rings is 1. The number of nitrogens with one attached hydrogen (secondary N) is 1. The SMILES string of the molecule is COc1ccc(C2(O)CCNCC2)c(Cl)c1. The number of methoxy groups -OCH3 is 1. The average Bonchev–Trinajstić information content (AvgIpc) is 2.29. The number of ether oxygens (including phenoxy) is 1. The molecule has 1 saturated heterocycles. The molecule has 0 aromatic heterocycles. The zero-order chi connectivity index (χ0) is 11.6. The highest BCUT2D eigenvalue weighted by molar-refractivity contribution is 6.31. The quantitative estimate of drug-likeness (QED) is 0.831. The first-order valence-electron chi connectivity index (χ1n) is 5.43. The lowest BCUT2D eigenvalue weighted by molar-refractivity contribution is 0.00601. The topological polar surface area (TPSA) is 41.5 Å². The first kappa shape index (κ1) is 11.7. The van der Waals surface area contributed by atoms with Crippen molar-refractivity contribution >= 4 is 11.6 Å². The van der Waals surface area contributed by atoms with E-state index in [1.807, 2.05) is 12.1 Å². The minimum absolute atomic E-state index is 0.573. The third-order valence-electron chi connectivity index (χ3n) is 3.11. The van der Waals surface area contributed by atoms with Crippen LogP contribution in [0.1, 0.15) is 18.4 Å². The maximum Gasteiger partial charge on any atom is 0.120 e. The zero-order valence-electron chi connectivity index (χ0n) is 9.29. The normalized spacial score (nSPS) is 19.4. The van der Waals surface area contributed by atoms with Gasteiger partial charge < -0.3 is 15.2 Å². The molecule has 1 aliphatic heterocycles. The van der Waals surface area contributed by atoms with Crippen molar-refractivity contribution in [3.8, 4) is 5.75 Å². The lowest BCUT2D eigenvalue weighted by atomic mass is 9.85. The summed E-state index contributed by atoms with van der Waals surface area (Å²) in [5, 5.41) is 14.3. The molecule has 0 bridgehead atoms. The van der Waals surface area contributed by atoms with Gasteiger partial charge in [0.15, 0.2) is 0 Å². The van der Waals surface area contributed by atoms with E-state index in [-0.39, 0.29) is 0 Å². The Hall–Kier alpha value is -0.770. The summed E-state index contributed by atoms with van der Waals surface area (Å²) in [4.78, 5) is 0. The van der Waals surface area contributed by atoms with Crippen LogP contribution in [0.5, 0.6) is 5.75 Å². The van der Waals surface area contributed by atoms with Gasteiger partial charge in [-0.2, -0.15) is 0 Å². The fourth-order valence-corrected chi connectivity index (χ4v) is 2.46. The Morgan fingerprint density at radius 2 is 2.06 bits per heavy atom. The molecule has 0 saturated carbocycles. The summed E-state index contributed by atoms with van der Waals surface area (Å²) in [6, 6.07) is 5.44. The van der Waals surface area contributed by atoms with Crippen molar-refractivity contribution in [2.75, 3.05) is 20.2 Å². The minimum Gasteiger partial charge on any atom is -0.497 e. The van der Waals surface area contributed by atoms with Gasteiger partial charge in [0.2, 0.25) is 0 Å². The molecule has 0 amide bonds. The van der Waals surface area contributed by atoms with Gasteiger partial charge in [-0.1, -0.05) is 17.7 Å². The van der Waals surface area contributed by atoms with Crippen LogP contribution in [-0.4, -0.2) is 25.3 Å². The largest absolute Gasteiger partial charge is 0.497 e. The van der Waals surface area contributed by atoms with Crippen LogP contribution in [0.3, 0.4) is 0 Å². The van der Waals surface area contributed by atoms with Crippen LogP contribution in [0.25, 0.3) is 0 Å². The van der Waals surface area contributed by atoms with E-state index in [4.69, 9.17) is 16.3 Å². The van der Waals surface area contributed by atoms with Crippen LogP contribution in [0.15, 0.2) is 18.2 Å². The van der Waals surface area contributed by atoms with E-state index in [2.05, 4.69) is 5.32 Å². The van der Waals surface area contributed by atoms with Gasteiger partial charge in [0.05, 0.1) is 17.7 Å². The Morgan fingerprint density at radius 3 is 2.62 bits per heavy atom. The molecule has 88 valence electrons. The molecule has 0 spiro atoms. The highest BCUT2D eigenvalue weighted by Gasteiger charge is 2.32. The first-order valence-corrected chi connectivity index (χ1v) is 5.81. The van der Waals surface area contributed by atoms with Crippen molar-refractivity contribution < 1.29 is 9.84 Å². The molecule has 3 nitrogen and oxygen atoms in total. The molecule has 0 unspecified atom stereocenters. The molecule has 2 N–H and O–H groups in total. The molecular formula is C12H16ClNO2. The predicted molar refractivity (Wildman–Crippen MR) is 64.0 cm³/mol. The van der Waals surface area contributed by atoms with E-state index in [9.17, 15) is 5.11 Å². The second-order valence-electron chi connectivity index (χ2n) is 4.13. The van der Waals surface area contributed by atoms with Gasteiger partial charge in [0, 0.05) is 5.56 Å². The monoisotopic (exact) mass is 241 g/mol. The molecular weight excluding hydrogens is 226 g/mol. The second kappa shape index (κ2) is 4.62. The number of aliphatic hydroxyl groups is 1. The fourth-order valence-electron chi connectivity index (χ4n) is 2.11. The van der Waals surface area contributed by atoms with Crippen molar-refractivity contribution in [3.05, 3.63) is 28.8 Å². The van der Waals surface area contributed by atoms with E-state index in [0.29, 0.717) is 23.6 Å². The standard InChI is InChI=1S/C12H16ClNO2/c1-16-9-2-3-10(11(13)8-9)12(15)4-6-14-7-5-12/h2-3,8,14-15H,4-7H2,1H3. The maximum absolute atomic E-state index is 10.5. The van der Waals surface area contributed by atoms with E-state index in [0.717, 1.165) is 18.7 Å². The molecule has 4 heteroatoms. The number of rotatable bonds is 2. The number of hydrogen-bond acceptors (Lipinski definition) is 3. The summed E-state index contributed by atoms with van der Waals surface area (Å²) in [6.07, 6.45) is 1.39. The highest BCUT2D eigenvalue weighted by atomic mass is 35.5. The molecule has 2 rings (SSSR count). The zero-order valence-corrected chi connectivity index (χ0v) is 10.0. The molecule has 0 radical (unpaired) electrons. The summed E-state index contributed by atoms with van der Waals surface area (Å²) in [7, 11) is 1.60. The molecule has 16 heavy (non-hydrogen) atoms. The van der Waals surface area contributed by atoms with Crippen LogP contribution < -0.4 is 10.1 Å². The van der Waals surface area contributed by atoms with Crippen molar-refractivity contribution in [2.24, 2.45) is 0 Å². The van der Waals surface area contributed by atoms with Gasteiger partial charge in [-0.3, -0.25) is 0 Å². The van der Waals surface area contributed by atoms with E-state index in [1.54, 1.807) is 13.2 Å². The van der Waals surface area contributed by atoms with Gasteiger partial charge in [-0.25, -0.2) is 0 Å². The molecule has 1 aromatic carbocycles. The van der Waals surface area contributed by atoms with Crippen LogP contribution >= 0.6 is 11.6 Å². The first-order chi connectivity index (χ1) is 7.65. The molecule has 1 aliphatic rings. The van der Waals surface area contributed by atoms with Crippen molar-refractivity contribution in [1.82, 2.24) is 5.32 Å². The summed E-state index contributed by atoms with van der Waals surface area (Å²) in [5.41, 5.74) is 0.00526. The lowest BCUT2D eigenvalue weighted by Crippen LogP contribution is -2.39. The van der Waals surface area contributed by atoms with Gasteiger partial charge in [0.1, 0.15) is 5.75 Å². The summed E-state index contributed by atoms with van der Waals surface area (Å²) in [6.45, 7) is 1.64. The van der Waals surface area contributed by atoms with Crippen molar-refractivity contribution in [2.45, 2.75) is 18.4 Å². The Morgan fingerprint density at radius 1 is 1.38 bits per heavy atom. The van der Waals surface area contributed by atoms with E-state index >= 15 is 0 Å². The van der Waals surface area contributed by atoms with Crippen LogP contribution in [0.2, 0.25) is 5.02 Å². The number of hydrogen-bond donors (Lipinski definition) is 2. The average molecular weight is 242 g/mol. The summed E-state index contributed by atoms with van der Waals surface area (Å²) in [5.74, 6) is 0.714. The van der Waals surface area contributed by atoms with Crippen molar-refractivity contribution in [1.29, 1.82) is 0 Å². The highest BCUT2D eigenvalue weighted by Crippen LogP contribution is 2.36. The van der Waals surface area contributed by atoms with Crippen LogP contribution in [0.4, 0.5) is 0 Å². The Bertz CT molecular complexity index is 375. The van der Waals surface area contributed by atoms with E-state index in [1.165, 1.54) is 0 Å². The fraction of sp³-hybridized carbons (Fsp3) is 0.500. The molecule has 0 atom stereocenters. The minimum atomic E-state index is -0.797. The summed E-state index contributed by atoms with van der Waals surface area (Å²) < 4.78 is 5.09. The lowest BCUT2D eigenvalue weighted by Gasteiger charge is -2.33. The van der Waals surface area contributed by atoms with Gasteiger partial charge in [-0.15, -0.1) is 0 Å². The van der Waals surface area contributed by atoms with E-state index < -0.39 is 5.60 Å². The van der Waals surface area contributed by atoms with Crippen molar-refractivity contribution in [3.63, 3.8) is 0 Å². The maximum atomic E-state index is 10.5.